The zero-order valence-electron chi connectivity index (χ0n) is 7.04. The van der Waals surface area contributed by atoms with Crippen molar-refractivity contribution in [1.29, 1.82) is 0 Å². The maximum Gasteiger partial charge on any atom is 0.333 e. The summed E-state index contributed by atoms with van der Waals surface area (Å²) >= 11 is 0. The van der Waals surface area contributed by atoms with Crippen LogP contribution in [0.4, 0.5) is 19.3 Å². The van der Waals surface area contributed by atoms with Gasteiger partial charge in [-0.3, -0.25) is 0 Å². The van der Waals surface area contributed by atoms with Crippen LogP contribution in [-0.4, -0.2) is 14.4 Å². The Kier molecular flexibility index (Phi) is 1.90. The summed E-state index contributed by atoms with van der Waals surface area (Å²) in [5.74, 6) is -2.53. The summed E-state index contributed by atoms with van der Waals surface area (Å²) in [6.45, 7) is 0. The minimum Gasteiger partial charge on any atom is -0.306 e. The number of urea groups is 1. The van der Waals surface area contributed by atoms with Crippen LogP contribution in [0.15, 0.2) is 17.0 Å². The average Bonchev–Trinajstić information content (AvgIpc) is 2.07. The van der Waals surface area contributed by atoms with E-state index in [0.717, 1.165) is 0 Å². The fourth-order valence-electron chi connectivity index (χ4n) is 1.17. The molecule has 80 valence electrons. The smallest absolute Gasteiger partial charge is 0.306 e. The third-order valence-corrected chi connectivity index (χ3v) is 3.16. The van der Waals surface area contributed by atoms with Crippen LogP contribution in [0.3, 0.4) is 0 Å². The summed E-state index contributed by atoms with van der Waals surface area (Å²) in [4.78, 5) is 10.3. The minimum atomic E-state index is -4.10. The Hall–Kier alpha value is -1.70. The number of anilines is 1. The number of nitrogens with one attached hydrogen (secondary N) is 2. The lowest BCUT2D eigenvalue weighted by molar-refractivity contribution is 0.256. The number of amides is 2. The van der Waals surface area contributed by atoms with Crippen LogP contribution in [0.2, 0.25) is 0 Å². The van der Waals surface area contributed by atoms with Gasteiger partial charge in [-0.05, 0) is 6.07 Å². The van der Waals surface area contributed by atoms with Gasteiger partial charge >= 0.3 is 6.03 Å². The van der Waals surface area contributed by atoms with Crippen LogP contribution >= 0.6 is 0 Å². The number of hydrogen-bond acceptors (Lipinski definition) is 3. The van der Waals surface area contributed by atoms with Gasteiger partial charge in [0.1, 0.15) is 4.90 Å². The topological polar surface area (TPSA) is 75.3 Å². The predicted octanol–water partition coefficient (Wildman–Crippen LogP) is 0.789. The molecule has 2 N–H and O–H groups in total. The largest absolute Gasteiger partial charge is 0.333 e. The average molecular weight is 234 g/mol. The molecule has 0 saturated heterocycles. The molecule has 1 aliphatic rings. The monoisotopic (exact) mass is 234 g/mol. The van der Waals surface area contributed by atoms with Crippen molar-refractivity contribution in [2.24, 2.45) is 0 Å². The molecule has 0 radical (unpaired) electrons. The highest BCUT2D eigenvalue weighted by Crippen LogP contribution is 2.26. The van der Waals surface area contributed by atoms with Crippen molar-refractivity contribution in [3.63, 3.8) is 0 Å². The summed E-state index contributed by atoms with van der Waals surface area (Å²) in [5, 5.41) is 2.05. The maximum atomic E-state index is 12.8. The van der Waals surface area contributed by atoms with Gasteiger partial charge in [-0.25, -0.2) is 26.7 Å². The summed E-state index contributed by atoms with van der Waals surface area (Å²) in [5.41, 5.74) is -0.280. The van der Waals surface area contributed by atoms with E-state index in [4.69, 9.17) is 0 Å². The van der Waals surface area contributed by atoms with E-state index in [1.165, 1.54) is 0 Å². The second kappa shape index (κ2) is 2.89. The molecule has 1 aromatic carbocycles. The zero-order valence-corrected chi connectivity index (χ0v) is 7.86. The molecule has 15 heavy (non-hydrogen) atoms. The van der Waals surface area contributed by atoms with Gasteiger partial charge in [0.05, 0.1) is 5.69 Å². The Morgan fingerprint density at radius 3 is 2.40 bits per heavy atom. The van der Waals surface area contributed by atoms with E-state index < -0.39 is 32.6 Å². The molecule has 8 heteroatoms. The third kappa shape index (κ3) is 1.52. The molecule has 1 aliphatic heterocycles. The zero-order chi connectivity index (χ0) is 11.2. The summed E-state index contributed by atoms with van der Waals surface area (Å²) < 4.78 is 49.7. The molecule has 0 unspecified atom stereocenters. The minimum absolute atomic E-state index is 0.280. The second-order valence-corrected chi connectivity index (χ2v) is 4.47. The Labute approximate surface area is 83.1 Å². The van der Waals surface area contributed by atoms with Crippen LogP contribution in [-0.2, 0) is 10.0 Å². The number of fused-ring (bicyclic) bond motifs is 1. The van der Waals surface area contributed by atoms with Crippen molar-refractivity contribution >= 4 is 21.7 Å². The van der Waals surface area contributed by atoms with Crippen molar-refractivity contribution in [1.82, 2.24) is 4.72 Å². The Bertz CT molecular complexity index is 556. The van der Waals surface area contributed by atoms with Gasteiger partial charge in [0.15, 0.2) is 11.6 Å². The molecular formula is C7H4F2N2O3S. The third-order valence-electron chi connectivity index (χ3n) is 1.79. The Morgan fingerprint density at radius 2 is 1.73 bits per heavy atom. The van der Waals surface area contributed by atoms with E-state index in [1.54, 1.807) is 4.72 Å². The maximum absolute atomic E-state index is 12.8. The molecule has 2 rings (SSSR count). The number of benzene rings is 1. The molecule has 0 spiro atoms. The first kappa shape index (κ1) is 9.84. The van der Waals surface area contributed by atoms with Crippen molar-refractivity contribution in [2.75, 3.05) is 5.32 Å². The van der Waals surface area contributed by atoms with Crippen LogP contribution in [0.5, 0.6) is 0 Å². The second-order valence-electron chi connectivity index (χ2n) is 2.82. The summed E-state index contributed by atoms with van der Waals surface area (Å²) in [6.07, 6.45) is 0. The van der Waals surface area contributed by atoms with Crippen LogP contribution in [0, 0.1) is 11.6 Å². The first-order valence-corrected chi connectivity index (χ1v) is 5.21. The number of sulfonamides is 1. The summed E-state index contributed by atoms with van der Waals surface area (Å²) in [7, 11) is -4.10. The lowest BCUT2D eigenvalue weighted by Crippen LogP contribution is -2.39. The molecule has 0 saturated carbocycles. The molecule has 0 aliphatic carbocycles. The number of carbonyl (C=O) groups excluding carboxylic acids is 1. The van der Waals surface area contributed by atoms with E-state index in [2.05, 4.69) is 0 Å². The van der Waals surface area contributed by atoms with Crippen LogP contribution in [0.1, 0.15) is 0 Å². The number of halogens is 2. The van der Waals surface area contributed by atoms with E-state index in [9.17, 15) is 22.0 Å². The van der Waals surface area contributed by atoms with Gasteiger partial charge in [0.25, 0.3) is 10.0 Å². The van der Waals surface area contributed by atoms with Crippen molar-refractivity contribution < 1.29 is 22.0 Å². The van der Waals surface area contributed by atoms with E-state index in [-0.39, 0.29) is 5.69 Å². The fourth-order valence-corrected chi connectivity index (χ4v) is 2.24. The van der Waals surface area contributed by atoms with Crippen molar-refractivity contribution in [3.8, 4) is 0 Å². The highest BCUT2D eigenvalue weighted by atomic mass is 32.2. The molecule has 0 bridgehead atoms. The normalized spacial score (nSPS) is 17.6. The predicted molar refractivity (Wildman–Crippen MR) is 45.7 cm³/mol. The lowest BCUT2D eigenvalue weighted by atomic mass is 10.3. The van der Waals surface area contributed by atoms with E-state index >= 15 is 0 Å². The highest BCUT2D eigenvalue weighted by Gasteiger charge is 2.29. The van der Waals surface area contributed by atoms with Crippen LogP contribution < -0.4 is 10.0 Å². The van der Waals surface area contributed by atoms with Gasteiger partial charge in [-0.15, -0.1) is 0 Å². The Balaban J connectivity index is 2.74. The SMILES string of the molecule is O=C1Nc2cc(F)c(F)cc2S(=O)(=O)N1. The summed E-state index contributed by atoms with van der Waals surface area (Å²) in [6, 6.07) is 0.112. The van der Waals surface area contributed by atoms with Crippen molar-refractivity contribution in [2.45, 2.75) is 4.90 Å². The number of carbonyl (C=O) groups is 1. The van der Waals surface area contributed by atoms with Gasteiger partial charge in [-0.1, -0.05) is 0 Å². The number of rotatable bonds is 0. The van der Waals surface area contributed by atoms with Gasteiger partial charge in [0.2, 0.25) is 0 Å². The molecular weight excluding hydrogens is 230 g/mol. The molecule has 1 heterocycles. The lowest BCUT2D eigenvalue weighted by Gasteiger charge is -2.18. The molecule has 0 atom stereocenters. The Morgan fingerprint density at radius 1 is 1.13 bits per heavy atom. The molecule has 2 amide bonds. The van der Waals surface area contributed by atoms with E-state index in [0.29, 0.717) is 12.1 Å². The van der Waals surface area contributed by atoms with Crippen LogP contribution in [0.25, 0.3) is 0 Å². The van der Waals surface area contributed by atoms with Gasteiger partial charge < -0.3 is 5.32 Å². The van der Waals surface area contributed by atoms with Crippen molar-refractivity contribution in [3.05, 3.63) is 23.8 Å². The van der Waals surface area contributed by atoms with Gasteiger partial charge in [0, 0.05) is 6.07 Å². The molecule has 0 fully saturated rings. The standard InChI is InChI=1S/C7H4F2N2O3S/c8-3-1-5-6(2-4(3)9)15(13,14)11-7(12)10-5/h1-2H,(H2,10,11,12). The quantitative estimate of drug-likeness (QED) is 0.696. The molecule has 1 aromatic rings. The van der Waals surface area contributed by atoms with E-state index in [1.807, 2.05) is 5.32 Å². The first-order chi connectivity index (χ1) is 6.90. The number of hydrogen-bond donors (Lipinski definition) is 2. The molecule has 0 aromatic heterocycles. The highest BCUT2D eigenvalue weighted by molar-refractivity contribution is 7.90. The molecule has 5 nitrogen and oxygen atoms in total. The van der Waals surface area contributed by atoms with Gasteiger partial charge in [-0.2, -0.15) is 0 Å². The fraction of sp³-hybridized carbons (Fsp3) is 0. The first-order valence-electron chi connectivity index (χ1n) is 3.73.